The first kappa shape index (κ1) is 17.5. The van der Waals surface area contributed by atoms with E-state index in [1.165, 1.54) is 6.20 Å². The van der Waals surface area contributed by atoms with Crippen LogP contribution in [-0.4, -0.2) is 37.3 Å². The molecule has 2 heterocycles. The summed E-state index contributed by atoms with van der Waals surface area (Å²) in [6.07, 6.45) is 2.21. The number of pyridine rings is 1. The number of hydrogen-bond donors (Lipinski definition) is 1. The van der Waals surface area contributed by atoms with E-state index in [2.05, 4.69) is 10.3 Å². The quantitative estimate of drug-likeness (QED) is 0.855. The molecule has 2 aromatic rings. The van der Waals surface area contributed by atoms with Crippen LogP contribution in [0.5, 0.6) is 11.6 Å². The van der Waals surface area contributed by atoms with Gasteiger partial charge in [-0.3, -0.25) is 4.79 Å². The zero-order valence-corrected chi connectivity index (χ0v) is 14.6. The minimum absolute atomic E-state index is 0.0461. The second kappa shape index (κ2) is 8.18. The lowest BCUT2D eigenvalue weighted by Crippen LogP contribution is -2.23. The Morgan fingerprint density at radius 1 is 1.44 bits per heavy atom. The number of para-hydroxylation sites is 1. The fourth-order valence-electron chi connectivity index (χ4n) is 2.53. The lowest BCUT2D eigenvalue weighted by atomic mass is 10.2. The highest BCUT2D eigenvalue weighted by atomic mass is 35.5. The molecule has 0 aliphatic carbocycles. The molecule has 0 bridgehead atoms. The molecule has 7 heteroatoms. The first-order valence-electron chi connectivity index (χ1n) is 7.97. The largest absolute Gasteiger partial charge is 0.496 e. The molecular formula is C18H19ClN2O4. The molecule has 1 aromatic carbocycles. The molecule has 1 saturated heterocycles. The summed E-state index contributed by atoms with van der Waals surface area (Å²) in [7, 11) is 1.60. The van der Waals surface area contributed by atoms with Crippen LogP contribution in [-0.2, 0) is 11.3 Å². The Balaban J connectivity index is 1.63. The van der Waals surface area contributed by atoms with Gasteiger partial charge in [-0.15, -0.1) is 0 Å². The van der Waals surface area contributed by atoms with Crippen molar-refractivity contribution in [2.45, 2.75) is 19.1 Å². The van der Waals surface area contributed by atoms with Gasteiger partial charge in [0.2, 0.25) is 5.88 Å². The minimum Gasteiger partial charge on any atom is -0.496 e. The Morgan fingerprint density at radius 3 is 3.00 bits per heavy atom. The first-order chi connectivity index (χ1) is 12.2. The Labute approximate surface area is 151 Å². The maximum atomic E-state index is 12.3. The van der Waals surface area contributed by atoms with Crippen molar-refractivity contribution in [1.82, 2.24) is 10.3 Å². The number of nitrogens with one attached hydrogen (secondary N) is 1. The van der Waals surface area contributed by atoms with Crippen LogP contribution in [0, 0.1) is 0 Å². The van der Waals surface area contributed by atoms with Gasteiger partial charge in [0.25, 0.3) is 5.91 Å². The Kier molecular flexibility index (Phi) is 5.73. The van der Waals surface area contributed by atoms with Gasteiger partial charge in [0.15, 0.2) is 0 Å². The van der Waals surface area contributed by atoms with E-state index in [4.69, 9.17) is 25.8 Å². The van der Waals surface area contributed by atoms with Gasteiger partial charge in [-0.25, -0.2) is 4.98 Å². The number of aromatic nitrogens is 1. The highest BCUT2D eigenvalue weighted by Crippen LogP contribution is 2.25. The number of methoxy groups -OCH3 is 1. The summed E-state index contributed by atoms with van der Waals surface area (Å²) in [4.78, 5) is 16.5. The molecule has 132 valence electrons. The third kappa shape index (κ3) is 4.41. The molecule has 1 amide bonds. The molecule has 0 saturated carbocycles. The van der Waals surface area contributed by atoms with E-state index < -0.39 is 0 Å². The third-order valence-corrected chi connectivity index (χ3v) is 4.14. The minimum atomic E-state index is -0.268. The Hall–Kier alpha value is -2.31. The van der Waals surface area contributed by atoms with Crippen molar-refractivity contribution in [2.75, 3.05) is 20.3 Å². The molecule has 1 aliphatic heterocycles. The van der Waals surface area contributed by atoms with E-state index in [9.17, 15) is 4.79 Å². The number of benzene rings is 1. The number of rotatable bonds is 6. The molecule has 1 aromatic heterocycles. The normalized spacial score (nSPS) is 16.5. The molecule has 0 radical (unpaired) electrons. The average molecular weight is 363 g/mol. The SMILES string of the molecule is COc1ccccc1CNC(=O)c1cnc(O[C@@H]2CCOC2)c(Cl)c1. The predicted octanol–water partition coefficient (Wildman–Crippen LogP) is 2.84. The van der Waals surface area contributed by atoms with Crippen molar-refractivity contribution in [3.05, 3.63) is 52.7 Å². The molecule has 25 heavy (non-hydrogen) atoms. The standard InChI is InChI=1S/C18H19ClN2O4/c1-23-16-5-3-2-4-12(16)9-20-17(22)13-8-15(19)18(21-10-13)25-14-6-7-24-11-14/h2-5,8,10,14H,6-7,9,11H2,1H3,(H,20,22)/t14-/m1/s1. The van der Waals surface area contributed by atoms with Gasteiger partial charge in [-0.1, -0.05) is 29.8 Å². The summed E-state index contributed by atoms with van der Waals surface area (Å²) >= 11 is 6.19. The highest BCUT2D eigenvalue weighted by Gasteiger charge is 2.20. The second-order valence-electron chi connectivity index (χ2n) is 5.61. The maximum absolute atomic E-state index is 12.3. The van der Waals surface area contributed by atoms with E-state index in [1.807, 2.05) is 24.3 Å². The smallest absolute Gasteiger partial charge is 0.253 e. The second-order valence-corrected chi connectivity index (χ2v) is 6.02. The van der Waals surface area contributed by atoms with Crippen molar-refractivity contribution in [1.29, 1.82) is 0 Å². The molecule has 0 unspecified atom stereocenters. The Morgan fingerprint density at radius 2 is 2.28 bits per heavy atom. The van der Waals surface area contributed by atoms with Crippen LogP contribution in [0.15, 0.2) is 36.5 Å². The van der Waals surface area contributed by atoms with Gasteiger partial charge in [-0.2, -0.15) is 0 Å². The van der Waals surface area contributed by atoms with Crippen molar-refractivity contribution in [3.8, 4) is 11.6 Å². The summed E-state index contributed by atoms with van der Waals surface area (Å²) in [5.74, 6) is 0.774. The molecular weight excluding hydrogens is 344 g/mol. The van der Waals surface area contributed by atoms with E-state index in [0.717, 1.165) is 17.7 Å². The van der Waals surface area contributed by atoms with Crippen LogP contribution in [0.2, 0.25) is 5.02 Å². The number of carbonyl (C=O) groups is 1. The average Bonchev–Trinajstić information content (AvgIpc) is 3.14. The van der Waals surface area contributed by atoms with Crippen molar-refractivity contribution in [3.63, 3.8) is 0 Å². The number of amides is 1. The summed E-state index contributed by atoms with van der Waals surface area (Å²) in [6.45, 7) is 1.54. The summed E-state index contributed by atoms with van der Waals surface area (Å²) in [5.41, 5.74) is 1.26. The summed E-state index contributed by atoms with van der Waals surface area (Å²) in [5, 5.41) is 3.13. The lowest BCUT2D eigenvalue weighted by Gasteiger charge is -2.13. The van der Waals surface area contributed by atoms with Crippen molar-refractivity contribution >= 4 is 17.5 Å². The van der Waals surface area contributed by atoms with E-state index in [0.29, 0.717) is 36.2 Å². The maximum Gasteiger partial charge on any atom is 0.253 e. The van der Waals surface area contributed by atoms with Gasteiger partial charge in [0, 0.05) is 24.7 Å². The third-order valence-electron chi connectivity index (χ3n) is 3.87. The molecule has 1 aliphatic rings. The van der Waals surface area contributed by atoms with E-state index >= 15 is 0 Å². The van der Waals surface area contributed by atoms with Crippen molar-refractivity contribution in [2.24, 2.45) is 0 Å². The van der Waals surface area contributed by atoms with Crippen LogP contribution in [0.1, 0.15) is 22.3 Å². The monoisotopic (exact) mass is 362 g/mol. The molecule has 0 spiro atoms. The van der Waals surface area contributed by atoms with Gasteiger partial charge in [-0.05, 0) is 12.1 Å². The number of hydrogen-bond acceptors (Lipinski definition) is 5. The van der Waals surface area contributed by atoms with Gasteiger partial charge >= 0.3 is 0 Å². The van der Waals surface area contributed by atoms with Gasteiger partial charge < -0.3 is 19.5 Å². The van der Waals surface area contributed by atoms with Gasteiger partial charge in [0.1, 0.15) is 16.9 Å². The molecule has 6 nitrogen and oxygen atoms in total. The fourth-order valence-corrected chi connectivity index (χ4v) is 2.74. The summed E-state index contributed by atoms with van der Waals surface area (Å²) in [6, 6.07) is 9.06. The van der Waals surface area contributed by atoms with Crippen LogP contribution in [0.25, 0.3) is 0 Å². The van der Waals surface area contributed by atoms with Crippen molar-refractivity contribution < 1.29 is 19.0 Å². The summed E-state index contributed by atoms with van der Waals surface area (Å²) < 4.78 is 16.2. The Bertz CT molecular complexity index is 748. The fraction of sp³-hybridized carbons (Fsp3) is 0.333. The molecule has 3 rings (SSSR count). The zero-order chi connectivity index (χ0) is 17.6. The molecule has 1 fully saturated rings. The number of ether oxygens (including phenoxy) is 3. The van der Waals surface area contributed by atoms with E-state index in [1.54, 1.807) is 13.2 Å². The highest BCUT2D eigenvalue weighted by molar-refractivity contribution is 6.32. The number of halogens is 1. The van der Waals surface area contributed by atoms with Gasteiger partial charge in [0.05, 0.1) is 25.9 Å². The topological polar surface area (TPSA) is 69.7 Å². The van der Waals surface area contributed by atoms with Crippen LogP contribution in [0.3, 0.4) is 0 Å². The van der Waals surface area contributed by atoms with Crippen LogP contribution in [0.4, 0.5) is 0 Å². The predicted molar refractivity (Wildman–Crippen MR) is 93.3 cm³/mol. The van der Waals surface area contributed by atoms with Crippen LogP contribution < -0.4 is 14.8 Å². The zero-order valence-electron chi connectivity index (χ0n) is 13.8. The first-order valence-corrected chi connectivity index (χ1v) is 8.35. The molecule has 1 N–H and O–H groups in total. The number of nitrogens with zero attached hydrogens (tertiary/aromatic N) is 1. The number of carbonyl (C=O) groups excluding carboxylic acids is 1. The lowest BCUT2D eigenvalue weighted by molar-refractivity contribution is 0.0950. The van der Waals surface area contributed by atoms with E-state index in [-0.39, 0.29) is 12.0 Å². The molecule has 1 atom stereocenters. The van der Waals surface area contributed by atoms with Crippen LogP contribution >= 0.6 is 11.6 Å².